The molecule has 2 aromatic rings. The van der Waals surface area contributed by atoms with Gasteiger partial charge in [-0.25, -0.2) is 0 Å². The summed E-state index contributed by atoms with van der Waals surface area (Å²) < 4.78 is 5.72. The van der Waals surface area contributed by atoms with E-state index in [-0.39, 0.29) is 5.92 Å². The van der Waals surface area contributed by atoms with Gasteiger partial charge in [-0.2, -0.15) is 0 Å². The number of hydrogen-bond acceptors (Lipinski definition) is 2. The fourth-order valence-electron chi connectivity index (χ4n) is 2.35. The Morgan fingerprint density at radius 3 is 2.55 bits per heavy atom. The molecule has 0 saturated heterocycles. The molecule has 1 atom stereocenters. The highest BCUT2D eigenvalue weighted by Gasteiger charge is 2.29. The maximum Gasteiger partial charge on any atom is 0.140 e. The van der Waals surface area contributed by atoms with Gasteiger partial charge in [0.05, 0.1) is 5.02 Å². The van der Waals surface area contributed by atoms with Gasteiger partial charge in [-0.1, -0.05) is 48.0 Å². The Bertz CT molecular complexity index is 622. The number of rotatable bonds is 4. The first kappa shape index (κ1) is 13.2. The molecule has 1 aliphatic carbocycles. The van der Waals surface area contributed by atoms with Crippen molar-refractivity contribution >= 4 is 17.4 Å². The van der Waals surface area contributed by atoms with Gasteiger partial charge in [-0.15, -0.1) is 0 Å². The number of hydrogen-bond donors (Lipinski definition) is 0. The molecule has 2 aromatic carbocycles. The zero-order valence-electron chi connectivity index (χ0n) is 11.0. The lowest BCUT2D eigenvalue weighted by molar-refractivity contribution is -0.125. The summed E-state index contributed by atoms with van der Waals surface area (Å²) in [6.07, 6.45) is 1.62. The molecule has 1 unspecified atom stereocenters. The van der Waals surface area contributed by atoms with E-state index in [9.17, 15) is 4.79 Å². The molecule has 1 aliphatic rings. The van der Waals surface area contributed by atoms with Crippen molar-refractivity contribution < 1.29 is 9.53 Å². The van der Waals surface area contributed by atoms with Gasteiger partial charge in [0.2, 0.25) is 0 Å². The first-order valence-electron chi connectivity index (χ1n) is 6.73. The highest BCUT2D eigenvalue weighted by atomic mass is 35.5. The Hall–Kier alpha value is -1.80. The van der Waals surface area contributed by atoms with Crippen LogP contribution in [0.5, 0.6) is 5.75 Å². The Balaban J connectivity index is 1.70. The lowest BCUT2D eigenvalue weighted by Gasteiger charge is -2.24. The third-order valence-electron chi connectivity index (χ3n) is 3.66. The van der Waals surface area contributed by atoms with Crippen LogP contribution in [0.25, 0.3) is 0 Å². The molecule has 1 saturated carbocycles. The van der Waals surface area contributed by atoms with E-state index < -0.39 is 0 Å². The van der Waals surface area contributed by atoms with Crippen molar-refractivity contribution in [2.24, 2.45) is 0 Å². The van der Waals surface area contributed by atoms with E-state index in [0.717, 1.165) is 17.5 Å². The average molecular weight is 287 g/mol. The molecule has 3 heteroatoms. The summed E-state index contributed by atoms with van der Waals surface area (Å²) in [5.41, 5.74) is 2.10. The molecule has 0 amide bonds. The number of ether oxygens (including phenoxy) is 1. The zero-order chi connectivity index (χ0) is 13.9. The molecule has 0 N–H and O–H groups in total. The highest BCUT2D eigenvalue weighted by molar-refractivity contribution is 6.32. The molecule has 0 radical (unpaired) electrons. The number of benzene rings is 2. The first-order valence-corrected chi connectivity index (χ1v) is 7.11. The molecule has 0 bridgehead atoms. The predicted octanol–water partition coefficient (Wildman–Crippen LogP) is 4.37. The topological polar surface area (TPSA) is 26.3 Å². The van der Waals surface area contributed by atoms with Crippen LogP contribution in [0, 0.1) is 0 Å². The summed E-state index contributed by atoms with van der Waals surface area (Å²) in [5.74, 6) is 1.00. The molecule has 2 nitrogen and oxygen atoms in total. The molecule has 102 valence electrons. The van der Waals surface area contributed by atoms with Crippen molar-refractivity contribution in [2.45, 2.75) is 25.4 Å². The number of Topliss-reactive ketones (excluding diaryl/α,β-unsaturated/α-hetero) is 1. The smallest absolute Gasteiger partial charge is 0.140 e. The van der Waals surface area contributed by atoms with Gasteiger partial charge in [0.15, 0.2) is 0 Å². The minimum atomic E-state index is 0.0377. The van der Waals surface area contributed by atoms with Crippen LogP contribution >= 0.6 is 11.6 Å². The van der Waals surface area contributed by atoms with E-state index in [1.165, 1.54) is 0 Å². The van der Waals surface area contributed by atoms with E-state index in [1.807, 2.05) is 48.5 Å². The van der Waals surface area contributed by atoms with Crippen LogP contribution in [0.15, 0.2) is 48.5 Å². The number of halogens is 1. The van der Waals surface area contributed by atoms with Crippen molar-refractivity contribution in [3.8, 4) is 5.75 Å². The van der Waals surface area contributed by atoms with Gasteiger partial charge < -0.3 is 4.74 Å². The largest absolute Gasteiger partial charge is 0.487 e. The predicted molar refractivity (Wildman–Crippen MR) is 79.2 cm³/mol. The average Bonchev–Trinajstić information content (AvgIpc) is 2.46. The van der Waals surface area contributed by atoms with Gasteiger partial charge in [-0.3, -0.25) is 4.79 Å². The second kappa shape index (κ2) is 5.68. The molecular weight excluding hydrogens is 272 g/mol. The maximum atomic E-state index is 11.5. The zero-order valence-corrected chi connectivity index (χ0v) is 11.8. The van der Waals surface area contributed by atoms with Crippen molar-refractivity contribution in [3.05, 3.63) is 64.7 Å². The molecular formula is C17H15ClO2. The lowest BCUT2D eigenvalue weighted by Crippen LogP contribution is -2.23. The summed E-state index contributed by atoms with van der Waals surface area (Å²) >= 11 is 6.23. The van der Waals surface area contributed by atoms with Crippen LogP contribution in [0.3, 0.4) is 0 Å². The fourth-order valence-corrected chi connectivity index (χ4v) is 2.59. The Morgan fingerprint density at radius 2 is 1.95 bits per heavy atom. The standard InChI is InChI=1S/C17H15ClO2/c18-15-10-13(14-7-8-16(14)19)6-9-17(15)20-11-12-4-2-1-3-5-12/h1-6,9-10,14H,7-8,11H2. The monoisotopic (exact) mass is 286 g/mol. The molecule has 0 heterocycles. The number of ketones is 1. The minimum absolute atomic E-state index is 0.0377. The first-order chi connectivity index (χ1) is 9.74. The van der Waals surface area contributed by atoms with Crippen molar-refractivity contribution in [3.63, 3.8) is 0 Å². The number of carbonyl (C=O) groups is 1. The molecule has 3 rings (SSSR count). The molecule has 1 fully saturated rings. The second-order valence-corrected chi connectivity index (χ2v) is 5.43. The Morgan fingerprint density at radius 1 is 1.15 bits per heavy atom. The highest BCUT2D eigenvalue weighted by Crippen LogP contribution is 2.36. The van der Waals surface area contributed by atoms with Gasteiger partial charge >= 0.3 is 0 Å². The summed E-state index contributed by atoms with van der Waals surface area (Å²) in [6, 6.07) is 15.6. The quantitative estimate of drug-likeness (QED) is 0.834. The molecule has 0 aliphatic heterocycles. The second-order valence-electron chi connectivity index (χ2n) is 5.02. The van der Waals surface area contributed by atoms with Gasteiger partial charge in [-0.05, 0) is 29.7 Å². The number of carbonyl (C=O) groups excluding carboxylic acids is 1. The summed E-state index contributed by atoms with van der Waals surface area (Å²) in [5, 5.41) is 0.568. The lowest BCUT2D eigenvalue weighted by atomic mass is 9.79. The third-order valence-corrected chi connectivity index (χ3v) is 3.96. The molecule has 20 heavy (non-hydrogen) atoms. The minimum Gasteiger partial charge on any atom is -0.487 e. The van der Waals surface area contributed by atoms with Crippen molar-refractivity contribution in [1.82, 2.24) is 0 Å². The van der Waals surface area contributed by atoms with Crippen LogP contribution in [0.2, 0.25) is 5.02 Å². The van der Waals surface area contributed by atoms with E-state index in [2.05, 4.69) is 0 Å². The summed E-state index contributed by atoms with van der Waals surface area (Å²) in [7, 11) is 0. The fraction of sp³-hybridized carbons (Fsp3) is 0.235. The van der Waals surface area contributed by atoms with Crippen LogP contribution in [0.4, 0.5) is 0 Å². The summed E-state index contributed by atoms with van der Waals surface area (Å²) in [4.78, 5) is 11.5. The Labute approximate surface area is 123 Å². The van der Waals surface area contributed by atoms with Crippen molar-refractivity contribution in [1.29, 1.82) is 0 Å². The van der Waals surface area contributed by atoms with Gasteiger partial charge in [0.25, 0.3) is 0 Å². The van der Waals surface area contributed by atoms with E-state index >= 15 is 0 Å². The van der Waals surface area contributed by atoms with Crippen LogP contribution < -0.4 is 4.74 Å². The van der Waals surface area contributed by atoms with Gasteiger partial charge in [0.1, 0.15) is 18.1 Å². The van der Waals surface area contributed by atoms with Gasteiger partial charge in [0, 0.05) is 12.3 Å². The molecule has 0 spiro atoms. The maximum absolute atomic E-state index is 11.5. The van der Waals surface area contributed by atoms with Crippen molar-refractivity contribution in [2.75, 3.05) is 0 Å². The van der Waals surface area contributed by atoms with Crippen LogP contribution in [-0.4, -0.2) is 5.78 Å². The van der Waals surface area contributed by atoms with E-state index in [0.29, 0.717) is 29.6 Å². The van der Waals surface area contributed by atoms with E-state index in [1.54, 1.807) is 0 Å². The third kappa shape index (κ3) is 2.70. The normalized spacial score (nSPS) is 17.6. The summed E-state index contributed by atoms with van der Waals surface area (Å²) in [6.45, 7) is 0.488. The van der Waals surface area contributed by atoms with E-state index in [4.69, 9.17) is 16.3 Å². The van der Waals surface area contributed by atoms with Crippen LogP contribution in [0.1, 0.15) is 29.9 Å². The SMILES string of the molecule is O=C1CCC1c1ccc(OCc2ccccc2)c(Cl)c1. The molecule has 0 aromatic heterocycles. The Kier molecular flexibility index (Phi) is 3.75. The van der Waals surface area contributed by atoms with Crippen LogP contribution in [-0.2, 0) is 11.4 Å².